The molecule has 1 N–H and O–H groups in total. The zero-order chi connectivity index (χ0) is 17.6. The van der Waals surface area contributed by atoms with Crippen molar-refractivity contribution >= 4 is 11.8 Å². The standard InChI is InChI=1S/C19H27N3O3/c1-21-8-7-16(13-18(21)23)19(24)20-14-17(15-5-3-2-4-6-15)22-9-11-25-12-10-22/h2-6,16-17H,7-14H2,1H3,(H,20,24)/t16-,17-/m0/s1. The van der Waals surface area contributed by atoms with Gasteiger partial charge in [0.2, 0.25) is 11.8 Å². The van der Waals surface area contributed by atoms with Crippen molar-refractivity contribution < 1.29 is 14.3 Å². The first-order valence-electron chi connectivity index (χ1n) is 9.03. The average molecular weight is 345 g/mol. The van der Waals surface area contributed by atoms with Crippen molar-refractivity contribution in [2.24, 2.45) is 5.92 Å². The molecule has 3 rings (SSSR count). The Balaban J connectivity index is 1.62. The third-order valence-corrected chi connectivity index (χ3v) is 5.17. The highest BCUT2D eigenvalue weighted by molar-refractivity contribution is 5.86. The van der Waals surface area contributed by atoms with Crippen molar-refractivity contribution in [1.82, 2.24) is 15.1 Å². The molecular formula is C19H27N3O3. The van der Waals surface area contributed by atoms with E-state index >= 15 is 0 Å². The molecule has 1 aromatic rings. The summed E-state index contributed by atoms with van der Waals surface area (Å²) in [6.45, 7) is 4.39. The molecule has 0 aromatic heterocycles. The van der Waals surface area contributed by atoms with Gasteiger partial charge in [0.1, 0.15) is 0 Å². The Bertz CT molecular complexity index is 587. The van der Waals surface area contributed by atoms with Crippen molar-refractivity contribution in [2.75, 3.05) is 46.4 Å². The van der Waals surface area contributed by atoms with Crippen molar-refractivity contribution in [2.45, 2.75) is 18.9 Å². The molecule has 0 bridgehead atoms. The topological polar surface area (TPSA) is 61.9 Å². The van der Waals surface area contributed by atoms with Gasteiger partial charge in [0.15, 0.2) is 0 Å². The summed E-state index contributed by atoms with van der Waals surface area (Å²) in [7, 11) is 1.79. The van der Waals surface area contributed by atoms with Crippen LogP contribution >= 0.6 is 0 Å². The maximum Gasteiger partial charge on any atom is 0.223 e. The molecule has 0 spiro atoms. The summed E-state index contributed by atoms with van der Waals surface area (Å²) >= 11 is 0. The number of amides is 2. The van der Waals surface area contributed by atoms with Crippen molar-refractivity contribution in [3.63, 3.8) is 0 Å². The van der Waals surface area contributed by atoms with Gasteiger partial charge in [-0.05, 0) is 12.0 Å². The van der Waals surface area contributed by atoms with Gasteiger partial charge in [0, 0.05) is 45.6 Å². The van der Waals surface area contributed by atoms with Gasteiger partial charge >= 0.3 is 0 Å². The number of ether oxygens (including phenoxy) is 1. The van der Waals surface area contributed by atoms with E-state index in [1.165, 1.54) is 5.56 Å². The molecule has 2 heterocycles. The third kappa shape index (κ3) is 4.58. The zero-order valence-corrected chi connectivity index (χ0v) is 14.8. The van der Waals surface area contributed by atoms with Gasteiger partial charge in [0.25, 0.3) is 0 Å². The second-order valence-corrected chi connectivity index (χ2v) is 6.82. The highest BCUT2D eigenvalue weighted by Gasteiger charge is 2.30. The fourth-order valence-electron chi connectivity index (χ4n) is 3.53. The predicted octanol–water partition coefficient (Wildman–Crippen LogP) is 1.04. The lowest BCUT2D eigenvalue weighted by molar-refractivity contribution is -0.139. The first-order chi connectivity index (χ1) is 12.1. The van der Waals surface area contributed by atoms with E-state index < -0.39 is 0 Å². The van der Waals surface area contributed by atoms with Crippen LogP contribution in [0.4, 0.5) is 0 Å². The van der Waals surface area contributed by atoms with E-state index in [-0.39, 0.29) is 23.8 Å². The van der Waals surface area contributed by atoms with Gasteiger partial charge in [-0.25, -0.2) is 0 Å². The van der Waals surface area contributed by atoms with Crippen LogP contribution in [0.5, 0.6) is 0 Å². The Morgan fingerprint density at radius 3 is 2.64 bits per heavy atom. The summed E-state index contributed by atoms with van der Waals surface area (Å²) in [5, 5.41) is 3.09. The Hall–Kier alpha value is -1.92. The van der Waals surface area contributed by atoms with Crippen molar-refractivity contribution in [3.05, 3.63) is 35.9 Å². The fraction of sp³-hybridized carbons (Fsp3) is 0.579. The summed E-state index contributed by atoms with van der Waals surface area (Å²) in [6.07, 6.45) is 1.05. The molecule has 136 valence electrons. The van der Waals surface area contributed by atoms with E-state index in [9.17, 15) is 9.59 Å². The zero-order valence-electron chi connectivity index (χ0n) is 14.8. The lowest BCUT2D eigenvalue weighted by atomic mass is 9.95. The second kappa shape index (κ2) is 8.45. The Morgan fingerprint density at radius 1 is 1.24 bits per heavy atom. The molecule has 0 unspecified atom stereocenters. The van der Waals surface area contributed by atoms with Gasteiger partial charge in [-0.2, -0.15) is 0 Å². The van der Waals surface area contributed by atoms with Crippen LogP contribution in [-0.2, 0) is 14.3 Å². The molecule has 2 fully saturated rings. The molecule has 0 saturated carbocycles. The van der Waals surface area contributed by atoms with Crippen LogP contribution in [0.3, 0.4) is 0 Å². The number of rotatable bonds is 5. The lowest BCUT2D eigenvalue weighted by Crippen LogP contribution is -2.46. The SMILES string of the molecule is CN1CC[C@H](C(=O)NC[C@@H](c2ccccc2)N2CCOCC2)CC1=O. The van der Waals surface area contributed by atoms with Gasteiger partial charge in [-0.3, -0.25) is 14.5 Å². The largest absolute Gasteiger partial charge is 0.379 e. The number of morpholine rings is 1. The van der Waals surface area contributed by atoms with Crippen molar-refractivity contribution in [3.8, 4) is 0 Å². The summed E-state index contributed by atoms with van der Waals surface area (Å²) in [6, 6.07) is 10.4. The van der Waals surface area contributed by atoms with Gasteiger partial charge < -0.3 is 15.0 Å². The molecule has 2 aliphatic rings. The van der Waals surface area contributed by atoms with E-state index in [4.69, 9.17) is 4.74 Å². The minimum absolute atomic E-state index is 0.00404. The van der Waals surface area contributed by atoms with E-state index in [0.717, 1.165) is 32.7 Å². The maximum atomic E-state index is 12.5. The summed E-state index contributed by atoms with van der Waals surface area (Å²) in [4.78, 5) is 28.4. The molecule has 2 aliphatic heterocycles. The van der Waals surface area contributed by atoms with E-state index in [2.05, 4.69) is 22.3 Å². The Labute approximate surface area is 149 Å². The van der Waals surface area contributed by atoms with E-state index in [1.54, 1.807) is 11.9 Å². The third-order valence-electron chi connectivity index (χ3n) is 5.17. The van der Waals surface area contributed by atoms with Crippen molar-refractivity contribution in [1.29, 1.82) is 0 Å². The molecule has 0 aliphatic carbocycles. The number of piperidine rings is 1. The van der Waals surface area contributed by atoms with E-state index in [0.29, 0.717) is 19.5 Å². The number of nitrogens with one attached hydrogen (secondary N) is 1. The van der Waals surface area contributed by atoms with Gasteiger partial charge in [-0.1, -0.05) is 30.3 Å². The van der Waals surface area contributed by atoms with Crippen LogP contribution in [0.1, 0.15) is 24.4 Å². The molecule has 0 radical (unpaired) electrons. The van der Waals surface area contributed by atoms with E-state index in [1.807, 2.05) is 18.2 Å². The minimum atomic E-state index is -0.204. The molecule has 1 aromatic carbocycles. The molecule has 6 heteroatoms. The van der Waals surface area contributed by atoms with Crippen LogP contribution in [-0.4, -0.2) is 68.1 Å². The number of hydrogen-bond acceptors (Lipinski definition) is 4. The van der Waals surface area contributed by atoms with Gasteiger partial charge in [0.05, 0.1) is 19.3 Å². The molecule has 25 heavy (non-hydrogen) atoms. The number of likely N-dealkylation sites (tertiary alicyclic amines) is 1. The molecular weight excluding hydrogens is 318 g/mol. The summed E-state index contributed by atoms with van der Waals surface area (Å²) in [5.41, 5.74) is 1.20. The second-order valence-electron chi connectivity index (χ2n) is 6.82. The van der Waals surface area contributed by atoms with Crippen LogP contribution in [0, 0.1) is 5.92 Å². The minimum Gasteiger partial charge on any atom is -0.379 e. The van der Waals surface area contributed by atoms with Gasteiger partial charge in [-0.15, -0.1) is 0 Å². The average Bonchev–Trinajstić information content (AvgIpc) is 2.66. The number of nitrogens with zero attached hydrogens (tertiary/aromatic N) is 2. The smallest absolute Gasteiger partial charge is 0.223 e. The number of benzene rings is 1. The summed E-state index contributed by atoms with van der Waals surface area (Å²) < 4.78 is 5.46. The normalized spacial score (nSPS) is 23.3. The van der Waals surface area contributed by atoms with Crippen LogP contribution in [0.25, 0.3) is 0 Å². The molecule has 2 atom stereocenters. The quantitative estimate of drug-likeness (QED) is 0.866. The Morgan fingerprint density at radius 2 is 1.96 bits per heavy atom. The number of carbonyl (C=O) groups excluding carboxylic acids is 2. The van der Waals surface area contributed by atoms with Crippen LogP contribution in [0.15, 0.2) is 30.3 Å². The molecule has 2 saturated heterocycles. The van der Waals surface area contributed by atoms with Crippen LogP contribution < -0.4 is 5.32 Å². The first-order valence-corrected chi connectivity index (χ1v) is 9.03. The fourth-order valence-corrected chi connectivity index (χ4v) is 3.53. The highest BCUT2D eigenvalue weighted by atomic mass is 16.5. The molecule has 2 amide bonds. The summed E-state index contributed by atoms with van der Waals surface area (Å²) in [5.74, 6) is -0.153. The highest BCUT2D eigenvalue weighted by Crippen LogP contribution is 2.22. The first kappa shape index (κ1) is 17.9. The number of hydrogen-bond donors (Lipinski definition) is 1. The Kier molecular flexibility index (Phi) is 6.04. The molecule has 6 nitrogen and oxygen atoms in total. The van der Waals surface area contributed by atoms with Crippen LogP contribution in [0.2, 0.25) is 0 Å². The lowest BCUT2D eigenvalue weighted by Gasteiger charge is -2.35. The predicted molar refractivity (Wildman–Crippen MR) is 94.9 cm³/mol. The number of carbonyl (C=O) groups is 2. The monoisotopic (exact) mass is 345 g/mol. The maximum absolute atomic E-state index is 12.5.